The van der Waals surface area contributed by atoms with E-state index in [1.807, 2.05) is 0 Å². The minimum Gasteiger partial charge on any atom is -0.344 e. The summed E-state index contributed by atoms with van der Waals surface area (Å²) in [6.07, 6.45) is 1.97. The number of benzene rings is 2. The van der Waals surface area contributed by atoms with Gasteiger partial charge in [-0.25, -0.2) is 27.0 Å². The molecule has 5 aliphatic rings. The minimum absolute atomic E-state index is 0.00361. The first-order valence-corrected chi connectivity index (χ1v) is 17.9. The van der Waals surface area contributed by atoms with Crippen LogP contribution in [0.3, 0.4) is 0 Å². The van der Waals surface area contributed by atoms with E-state index < -0.39 is 77.2 Å². The van der Waals surface area contributed by atoms with Gasteiger partial charge in [0.15, 0.2) is 5.69 Å². The second kappa shape index (κ2) is 12.5. The molecule has 4 fully saturated rings. The number of urea groups is 1. The number of amides is 5. The van der Waals surface area contributed by atoms with E-state index in [2.05, 4.69) is 36.2 Å². The Balaban J connectivity index is 1.06. The number of carbonyl (C=O) groups excluding carboxylic acids is 4. The van der Waals surface area contributed by atoms with Gasteiger partial charge in [-0.2, -0.15) is 0 Å². The number of anilines is 1. The van der Waals surface area contributed by atoms with Crippen LogP contribution in [-0.2, 0) is 28.0 Å². The van der Waals surface area contributed by atoms with E-state index in [4.69, 9.17) is 0 Å². The first kappa shape index (κ1) is 35.0. The zero-order valence-corrected chi connectivity index (χ0v) is 29.0. The van der Waals surface area contributed by atoms with E-state index in [0.29, 0.717) is 37.2 Å². The normalized spacial score (nSPS) is 24.2. The number of hydrogen-bond donors (Lipinski definition) is 4. The molecule has 16 heteroatoms. The molecule has 1 spiro atoms. The summed E-state index contributed by atoms with van der Waals surface area (Å²) in [5.41, 5.74) is -0.751. The van der Waals surface area contributed by atoms with Crippen molar-refractivity contribution in [2.24, 2.45) is 11.3 Å². The van der Waals surface area contributed by atoms with E-state index in [-0.39, 0.29) is 48.0 Å². The standard InChI is InChI=1S/C37H39F4N7O5/c1-20-28(47-53-46-20)30(49)44-29(21-6-8-37(40,41)9-7-21)31(50)43-25-4-2-22-16-36(17-23(22)14-25,48-19-34(10-11-34)18-42-33(48)52)32(51)45-35(12-13-35)26-15-24(38)3-5-27(26)39/h2-5,14-15,21,29H,6-13,16-19H2,1H3,(H,42,52)(H,43,50)(H,44,49)(H,45,51)/t29-,36?/m0/s1. The van der Waals surface area contributed by atoms with Crippen molar-refractivity contribution in [1.29, 1.82) is 0 Å². The van der Waals surface area contributed by atoms with Gasteiger partial charge in [-0.15, -0.1) is 0 Å². The van der Waals surface area contributed by atoms with Gasteiger partial charge in [-0.1, -0.05) is 11.2 Å². The van der Waals surface area contributed by atoms with Gasteiger partial charge in [0.2, 0.25) is 17.7 Å². The molecular formula is C37H39F4N7O5. The number of halogens is 4. The van der Waals surface area contributed by atoms with E-state index in [1.165, 1.54) is 6.92 Å². The molecule has 5 amide bonds. The molecule has 12 nitrogen and oxygen atoms in total. The maximum absolute atomic E-state index is 15.0. The highest BCUT2D eigenvalue weighted by Gasteiger charge is 2.59. The van der Waals surface area contributed by atoms with Crippen molar-refractivity contribution in [3.63, 3.8) is 0 Å². The first-order valence-electron chi connectivity index (χ1n) is 17.9. The Hall–Kier alpha value is -5.02. The molecule has 8 rings (SSSR count). The van der Waals surface area contributed by atoms with Crippen LogP contribution in [-0.4, -0.2) is 69.6 Å². The van der Waals surface area contributed by atoms with Crippen molar-refractivity contribution in [3.8, 4) is 0 Å². The number of fused-ring (bicyclic) bond motifs is 1. The molecule has 4 aliphatic carbocycles. The van der Waals surface area contributed by atoms with Crippen LogP contribution in [0, 0.1) is 29.9 Å². The molecule has 2 atom stereocenters. The molecule has 2 heterocycles. The highest BCUT2D eigenvalue weighted by atomic mass is 19.3. The van der Waals surface area contributed by atoms with Crippen molar-refractivity contribution >= 4 is 29.4 Å². The molecule has 0 bridgehead atoms. The van der Waals surface area contributed by atoms with Gasteiger partial charge in [0.05, 0.1) is 5.54 Å². The maximum Gasteiger partial charge on any atom is 0.318 e. The molecule has 3 aromatic rings. The summed E-state index contributed by atoms with van der Waals surface area (Å²) in [4.78, 5) is 56.7. The van der Waals surface area contributed by atoms with Gasteiger partial charge in [0, 0.05) is 55.4 Å². The molecule has 280 valence electrons. The Kier molecular flexibility index (Phi) is 8.29. The maximum atomic E-state index is 15.0. The summed E-state index contributed by atoms with van der Waals surface area (Å²) in [5, 5.41) is 18.7. The lowest BCUT2D eigenvalue weighted by Crippen LogP contribution is -2.68. The predicted octanol–water partition coefficient (Wildman–Crippen LogP) is 4.67. The lowest BCUT2D eigenvalue weighted by Gasteiger charge is -2.45. The highest BCUT2D eigenvalue weighted by Crippen LogP contribution is 2.51. The SMILES string of the molecule is Cc1nonc1C(=O)N[C@H](C(=O)Nc1ccc2c(c1)CC(C(=O)NC1(c3cc(F)ccc3F)CC1)(N1CC3(CC3)CNC1=O)C2)C1CCC(F)(F)CC1. The van der Waals surface area contributed by atoms with E-state index in [9.17, 15) is 36.7 Å². The number of nitrogens with one attached hydrogen (secondary N) is 4. The zero-order valence-electron chi connectivity index (χ0n) is 29.0. The lowest BCUT2D eigenvalue weighted by atomic mass is 9.81. The Labute approximate surface area is 301 Å². The van der Waals surface area contributed by atoms with Gasteiger partial charge >= 0.3 is 6.03 Å². The highest BCUT2D eigenvalue weighted by molar-refractivity contribution is 6.01. The average molecular weight is 738 g/mol. The Bertz CT molecular complexity index is 2000. The fourth-order valence-electron chi connectivity index (χ4n) is 8.33. The third-order valence-electron chi connectivity index (χ3n) is 11.9. The molecule has 3 saturated carbocycles. The molecule has 1 unspecified atom stereocenters. The van der Waals surface area contributed by atoms with Crippen LogP contribution < -0.4 is 21.3 Å². The fraction of sp³-hybridized carbons (Fsp3) is 0.514. The van der Waals surface area contributed by atoms with E-state index in [1.54, 1.807) is 23.1 Å². The number of hydrogen-bond acceptors (Lipinski definition) is 7. The van der Waals surface area contributed by atoms with Crippen LogP contribution in [0.4, 0.5) is 28.0 Å². The molecule has 4 N–H and O–H groups in total. The summed E-state index contributed by atoms with van der Waals surface area (Å²) < 4.78 is 62.1. The largest absolute Gasteiger partial charge is 0.344 e. The third kappa shape index (κ3) is 6.49. The summed E-state index contributed by atoms with van der Waals surface area (Å²) in [5.74, 6) is -6.54. The minimum atomic E-state index is -2.86. The van der Waals surface area contributed by atoms with Crippen LogP contribution >= 0.6 is 0 Å². The van der Waals surface area contributed by atoms with Crippen molar-refractivity contribution < 1.29 is 41.4 Å². The van der Waals surface area contributed by atoms with Crippen LogP contribution in [0.1, 0.15) is 84.2 Å². The van der Waals surface area contributed by atoms with Crippen molar-refractivity contribution in [2.75, 3.05) is 18.4 Å². The van der Waals surface area contributed by atoms with E-state index in [0.717, 1.165) is 36.6 Å². The number of rotatable bonds is 9. The van der Waals surface area contributed by atoms with Crippen LogP contribution in [0.5, 0.6) is 0 Å². The number of aromatic nitrogens is 2. The second-order valence-corrected chi connectivity index (χ2v) is 15.6. The number of carbonyl (C=O) groups is 4. The molecule has 1 saturated heterocycles. The van der Waals surface area contributed by atoms with Gasteiger partial charge in [-0.05, 0) is 98.0 Å². The topological polar surface area (TPSA) is 159 Å². The van der Waals surface area contributed by atoms with Gasteiger partial charge < -0.3 is 26.2 Å². The molecule has 2 aromatic carbocycles. The number of aryl methyl sites for hydroxylation is 1. The van der Waals surface area contributed by atoms with E-state index >= 15 is 0 Å². The molecule has 1 aliphatic heterocycles. The lowest BCUT2D eigenvalue weighted by molar-refractivity contribution is -0.133. The van der Waals surface area contributed by atoms with Crippen molar-refractivity contribution in [3.05, 3.63) is 76.1 Å². The van der Waals surface area contributed by atoms with Crippen molar-refractivity contribution in [2.45, 2.75) is 94.2 Å². The first-order chi connectivity index (χ1) is 25.2. The molecule has 53 heavy (non-hydrogen) atoms. The smallest absolute Gasteiger partial charge is 0.318 e. The molecule has 1 aromatic heterocycles. The fourth-order valence-corrected chi connectivity index (χ4v) is 8.33. The summed E-state index contributed by atoms with van der Waals surface area (Å²) >= 11 is 0. The van der Waals surface area contributed by atoms with Crippen LogP contribution in [0.2, 0.25) is 0 Å². The molecule has 0 radical (unpaired) electrons. The zero-order chi connectivity index (χ0) is 37.3. The Morgan fingerprint density at radius 2 is 1.70 bits per heavy atom. The van der Waals surface area contributed by atoms with Crippen LogP contribution in [0.15, 0.2) is 41.0 Å². The van der Waals surface area contributed by atoms with Crippen LogP contribution in [0.25, 0.3) is 0 Å². The average Bonchev–Trinajstić information content (AvgIpc) is 3.98. The summed E-state index contributed by atoms with van der Waals surface area (Å²) in [6.45, 7) is 2.37. The van der Waals surface area contributed by atoms with Gasteiger partial charge in [0.1, 0.15) is 28.9 Å². The Morgan fingerprint density at radius 3 is 2.38 bits per heavy atom. The predicted molar refractivity (Wildman–Crippen MR) is 180 cm³/mol. The summed E-state index contributed by atoms with van der Waals surface area (Å²) in [7, 11) is 0. The van der Waals surface area contributed by atoms with Gasteiger partial charge in [-0.3, -0.25) is 14.4 Å². The Morgan fingerprint density at radius 1 is 0.962 bits per heavy atom. The van der Waals surface area contributed by atoms with Gasteiger partial charge in [0.25, 0.3) is 5.91 Å². The van der Waals surface area contributed by atoms with Crippen molar-refractivity contribution in [1.82, 2.24) is 31.2 Å². The second-order valence-electron chi connectivity index (χ2n) is 15.6. The quantitative estimate of drug-likeness (QED) is 0.233. The molecular weight excluding hydrogens is 698 g/mol. The summed E-state index contributed by atoms with van der Waals surface area (Å²) in [6, 6.07) is 6.69. The number of alkyl halides is 2. The number of nitrogens with zero attached hydrogens (tertiary/aromatic N) is 3. The third-order valence-corrected chi connectivity index (χ3v) is 11.9. The monoisotopic (exact) mass is 737 g/mol.